The van der Waals surface area contributed by atoms with E-state index >= 15 is 0 Å². The van der Waals surface area contributed by atoms with Gasteiger partial charge in [0.05, 0.1) is 16.0 Å². The summed E-state index contributed by atoms with van der Waals surface area (Å²) in [7, 11) is 0. The molecule has 1 aromatic carbocycles. The van der Waals surface area contributed by atoms with E-state index in [1.165, 1.54) is 6.07 Å². The highest BCUT2D eigenvalue weighted by Gasteiger charge is 2.42. The van der Waals surface area contributed by atoms with Crippen molar-refractivity contribution < 1.29 is 37.0 Å². The molecule has 3 N–H and O–H groups in total. The Morgan fingerprint density at radius 2 is 1.84 bits per heavy atom. The first-order chi connectivity index (χ1) is 15.0. The molecule has 0 spiro atoms. The number of hydrogen-bond acceptors (Lipinski definition) is 6. The van der Waals surface area contributed by atoms with E-state index in [4.69, 9.17) is 33.7 Å². The third-order valence-corrected chi connectivity index (χ3v) is 6.18. The molecule has 0 unspecified atom stereocenters. The molecule has 2 heterocycles. The van der Waals surface area contributed by atoms with E-state index in [1.807, 2.05) is 0 Å². The number of piperidine rings is 1. The van der Waals surface area contributed by atoms with Crippen LogP contribution in [0.5, 0.6) is 5.75 Å². The van der Waals surface area contributed by atoms with Crippen LogP contribution in [0.3, 0.4) is 0 Å². The summed E-state index contributed by atoms with van der Waals surface area (Å²) in [5.74, 6) is -3.68. The number of nitrogens with zero attached hydrogens (tertiary/aromatic N) is 1. The third-order valence-electron chi connectivity index (χ3n) is 5.46. The van der Waals surface area contributed by atoms with Crippen molar-refractivity contribution in [2.75, 3.05) is 26.2 Å². The van der Waals surface area contributed by atoms with Gasteiger partial charge < -0.3 is 25.4 Å². The molecule has 2 fully saturated rings. The Bertz CT molecular complexity index is 897. The normalized spacial score (nSPS) is 20.9. The molecule has 2 atom stereocenters. The number of benzene rings is 1. The number of alkyl carbamates (subject to hydrolysis) is 1. The fraction of sp³-hybridized carbons (Fsp3) is 0.526. The topological polar surface area (TPSA) is 111 Å². The Morgan fingerprint density at radius 1 is 1.22 bits per heavy atom. The molecule has 0 radical (unpaired) electrons. The van der Waals surface area contributed by atoms with Gasteiger partial charge in [0.1, 0.15) is 12.4 Å². The van der Waals surface area contributed by atoms with E-state index in [1.54, 1.807) is 4.90 Å². The number of nitrogens with two attached hydrogens (primary N) is 1. The Labute approximate surface area is 191 Å². The van der Waals surface area contributed by atoms with Gasteiger partial charge in [0.15, 0.2) is 0 Å². The maximum atomic E-state index is 12.7. The molecule has 2 saturated heterocycles. The molecular weight excluding hydrogens is 478 g/mol. The van der Waals surface area contributed by atoms with Gasteiger partial charge in [-0.15, -0.1) is 0 Å². The Balaban J connectivity index is 1.68. The van der Waals surface area contributed by atoms with E-state index in [0.29, 0.717) is 25.9 Å². The average Bonchev–Trinajstić information content (AvgIpc) is 2.75. The van der Waals surface area contributed by atoms with Crippen LogP contribution in [0.1, 0.15) is 24.4 Å². The number of alkyl halides is 3. The number of ether oxygens (including phenoxy) is 2. The summed E-state index contributed by atoms with van der Waals surface area (Å²) >= 11 is 11.9. The molecule has 2 aliphatic heterocycles. The smallest absolute Gasteiger partial charge is 0.449 e. The van der Waals surface area contributed by atoms with Crippen LogP contribution in [-0.2, 0) is 14.3 Å². The average molecular weight is 498 g/mol. The number of nitrogens with one attached hydrogen (secondary N) is 1. The van der Waals surface area contributed by atoms with Crippen molar-refractivity contribution in [3.63, 3.8) is 0 Å². The second kappa shape index (κ2) is 9.72. The molecule has 1 aromatic rings. The minimum atomic E-state index is -5.19. The second-order valence-corrected chi connectivity index (χ2v) is 8.37. The van der Waals surface area contributed by atoms with E-state index in [0.717, 1.165) is 6.07 Å². The molecule has 0 bridgehead atoms. The van der Waals surface area contributed by atoms with Crippen molar-refractivity contribution in [1.29, 1.82) is 0 Å². The summed E-state index contributed by atoms with van der Waals surface area (Å²) < 4.78 is 47.3. The van der Waals surface area contributed by atoms with E-state index in [2.05, 4.69) is 10.1 Å². The highest BCUT2D eigenvalue weighted by molar-refractivity contribution is 6.42. The van der Waals surface area contributed by atoms with Gasteiger partial charge in [0.25, 0.3) is 0 Å². The standard InChI is InChI=1S/C19H20Cl2F3N3O5/c20-12-5-11(14(6-13(12)21)32-17(29)19(22,23)24)15(25)9-1-3-27(4-2-9)16(28)10-7-26-18(30)31-8-10/h5-6,9-10,15H,1-4,7-8,25H2,(H,26,30)/t10-,15-/m1/s1. The lowest BCUT2D eigenvalue weighted by atomic mass is 9.85. The number of likely N-dealkylation sites (tertiary alicyclic amines) is 1. The molecule has 176 valence electrons. The predicted octanol–water partition coefficient (Wildman–Crippen LogP) is 3.06. The molecular formula is C19H20Cl2F3N3O5. The van der Waals surface area contributed by atoms with E-state index < -0.39 is 35.9 Å². The highest BCUT2D eigenvalue weighted by atomic mass is 35.5. The maximum absolute atomic E-state index is 12.7. The molecule has 2 aliphatic rings. The van der Waals surface area contributed by atoms with Crippen molar-refractivity contribution >= 4 is 41.2 Å². The van der Waals surface area contributed by atoms with E-state index in [9.17, 15) is 27.6 Å². The van der Waals surface area contributed by atoms with Gasteiger partial charge in [-0.05, 0) is 24.8 Å². The van der Waals surface area contributed by atoms with Gasteiger partial charge >= 0.3 is 18.2 Å². The summed E-state index contributed by atoms with van der Waals surface area (Å²) in [5.41, 5.74) is 6.42. The number of esters is 1. The van der Waals surface area contributed by atoms with Crippen LogP contribution in [0, 0.1) is 11.8 Å². The summed E-state index contributed by atoms with van der Waals surface area (Å²) in [5, 5.41) is 2.43. The summed E-state index contributed by atoms with van der Waals surface area (Å²) in [6, 6.07) is 1.50. The zero-order valence-electron chi connectivity index (χ0n) is 16.6. The second-order valence-electron chi connectivity index (χ2n) is 7.56. The van der Waals surface area contributed by atoms with Gasteiger partial charge in [-0.2, -0.15) is 13.2 Å². The van der Waals surface area contributed by atoms with Crippen LogP contribution in [0.25, 0.3) is 0 Å². The predicted molar refractivity (Wildman–Crippen MR) is 107 cm³/mol. The Hall–Kier alpha value is -2.24. The van der Waals surface area contributed by atoms with Gasteiger partial charge in [-0.25, -0.2) is 9.59 Å². The number of carbonyl (C=O) groups excluding carboxylic acids is 3. The molecule has 2 amide bonds. The van der Waals surface area contributed by atoms with Crippen molar-refractivity contribution in [2.24, 2.45) is 17.6 Å². The zero-order valence-corrected chi connectivity index (χ0v) is 18.1. The molecule has 0 aliphatic carbocycles. The minimum Gasteiger partial charge on any atom is -0.449 e. The lowest BCUT2D eigenvalue weighted by molar-refractivity contribution is -0.189. The van der Waals surface area contributed by atoms with Crippen LogP contribution < -0.4 is 15.8 Å². The molecule has 32 heavy (non-hydrogen) atoms. The van der Waals surface area contributed by atoms with E-state index in [-0.39, 0.29) is 40.6 Å². The zero-order chi connectivity index (χ0) is 23.6. The van der Waals surface area contributed by atoms with Crippen molar-refractivity contribution in [1.82, 2.24) is 10.2 Å². The fourth-order valence-electron chi connectivity index (χ4n) is 3.69. The fourth-order valence-corrected chi connectivity index (χ4v) is 4.02. The van der Waals surface area contributed by atoms with Crippen molar-refractivity contribution in [3.8, 4) is 5.75 Å². The Morgan fingerprint density at radius 3 is 2.41 bits per heavy atom. The summed E-state index contributed by atoms with van der Waals surface area (Å²) in [6.45, 7) is 0.914. The van der Waals surface area contributed by atoms with Crippen molar-refractivity contribution in [2.45, 2.75) is 25.1 Å². The number of rotatable bonds is 4. The lowest BCUT2D eigenvalue weighted by Gasteiger charge is -2.37. The van der Waals surface area contributed by atoms with Gasteiger partial charge in [-0.3, -0.25) is 4.79 Å². The maximum Gasteiger partial charge on any atom is 0.491 e. The highest BCUT2D eigenvalue weighted by Crippen LogP contribution is 2.39. The first-order valence-electron chi connectivity index (χ1n) is 9.70. The van der Waals surface area contributed by atoms with Crippen LogP contribution >= 0.6 is 23.2 Å². The monoisotopic (exact) mass is 497 g/mol. The third kappa shape index (κ3) is 5.57. The summed E-state index contributed by atoms with van der Waals surface area (Å²) in [6.07, 6.45) is -4.84. The van der Waals surface area contributed by atoms with Crippen LogP contribution in [0.2, 0.25) is 10.0 Å². The van der Waals surface area contributed by atoms with Gasteiger partial charge in [-0.1, -0.05) is 23.2 Å². The SMILES string of the molecule is N[C@@H](c1cc(Cl)c(Cl)cc1OC(=O)C(F)(F)F)C1CCN(C(=O)[C@@H]2CNC(=O)OC2)CC1. The van der Waals surface area contributed by atoms with Crippen LogP contribution in [0.4, 0.5) is 18.0 Å². The number of hydrogen-bond donors (Lipinski definition) is 2. The summed E-state index contributed by atoms with van der Waals surface area (Å²) in [4.78, 5) is 36.7. The molecule has 0 saturated carbocycles. The van der Waals surface area contributed by atoms with Crippen molar-refractivity contribution in [3.05, 3.63) is 27.7 Å². The largest absolute Gasteiger partial charge is 0.491 e. The molecule has 0 aromatic heterocycles. The lowest BCUT2D eigenvalue weighted by Crippen LogP contribution is -2.50. The minimum absolute atomic E-state index is 0.00131. The van der Waals surface area contributed by atoms with Crippen LogP contribution in [-0.4, -0.2) is 55.3 Å². The molecule has 3 rings (SSSR count). The number of halogens is 5. The quantitative estimate of drug-likeness (QED) is 0.488. The number of carbonyl (C=O) groups is 3. The first kappa shape index (κ1) is 24.4. The Kier molecular flexibility index (Phi) is 7.41. The number of cyclic esters (lactones) is 1. The first-order valence-corrected chi connectivity index (χ1v) is 10.5. The number of amides is 2. The molecule has 8 nitrogen and oxygen atoms in total. The van der Waals surface area contributed by atoms with Crippen LogP contribution in [0.15, 0.2) is 12.1 Å². The van der Waals surface area contributed by atoms with Gasteiger partial charge in [0.2, 0.25) is 5.91 Å². The molecule has 13 heteroatoms. The van der Waals surface area contributed by atoms with Gasteiger partial charge in [0, 0.05) is 37.3 Å².